The number of nitrogens with zero attached hydrogens (tertiary/aromatic N) is 4. The van der Waals surface area contributed by atoms with E-state index >= 15 is 0 Å². The third-order valence-electron chi connectivity index (χ3n) is 10.1. The fourth-order valence-electron chi connectivity index (χ4n) is 7.55. The van der Waals surface area contributed by atoms with Crippen molar-refractivity contribution in [1.82, 2.24) is 9.97 Å². The molecule has 6 rings (SSSR count). The zero-order valence-electron chi connectivity index (χ0n) is 27.3. The predicted molar refractivity (Wildman–Crippen MR) is 175 cm³/mol. The van der Waals surface area contributed by atoms with Crippen molar-refractivity contribution in [3.05, 3.63) is 78.5 Å². The van der Waals surface area contributed by atoms with Gasteiger partial charge in [0.2, 0.25) is 0 Å². The van der Waals surface area contributed by atoms with Gasteiger partial charge in [0.05, 0.1) is 13.2 Å². The van der Waals surface area contributed by atoms with Crippen LogP contribution < -0.4 is 9.97 Å². The van der Waals surface area contributed by atoms with Crippen molar-refractivity contribution in [2.24, 2.45) is 29.6 Å². The number of aliphatic hydroxyl groups is 1. The van der Waals surface area contributed by atoms with Crippen LogP contribution in [0.25, 0.3) is 34.4 Å². The fraction of sp³-hybridized carbons (Fsp3) is 0.457. The number of Topliss-reactive ketones (excluding diaryl/α,β-unsaturated/α-hetero) is 1. The Morgan fingerprint density at radius 3 is 2.17 bits per heavy atom. The molecule has 0 aromatic carbocycles. The number of esters is 1. The number of carboxylic acids is 1. The number of carbonyl (C=O) groups is 3. The first kappa shape index (κ1) is 33.8. The van der Waals surface area contributed by atoms with Gasteiger partial charge in [0.1, 0.15) is 5.92 Å². The van der Waals surface area contributed by atoms with Crippen LogP contribution in [0.4, 0.5) is 0 Å². The molecule has 5 heterocycles. The number of aliphatic hydroxyl groups excluding tert-OH is 1. The molecule has 8 bridgehead atoms. The van der Waals surface area contributed by atoms with Crippen LogP contribution in [0, 0.1) is 43.4 Å². The molecule has 0 amide bonds. The number of hydrogen-bond acceptors (Lipinski definition) is 5. The van der Waals surface area contributed by atoms with Gasteiger partial charge in [0.25, 0.3) is 0 Å². The zero-order valence-corrected chi connectivity index (χ0v) is 28.8. The molecule has 4 aliphatic rings. The van der Waals surface area contributed by atoms with Crippen LogP contribution in [-0.4, -0.2) is 58.1 Å². The van der Waals surface area contributed by atoms with Gasteiger partial charge in [-0.3, -0.25) is 14.4 Å². The van der Waals surface area contributed by atoms with Crippen molar-refractivity contribution in [2.45, 2.75) is 66.9 Å². The Kier molecular flexibility index (Phi) is 9.24. The molecule has 11 heteroatoms. The van der Waals surface area contributed by atoms with E-state index in [0.717, 1.165) is 23.4 Å². The summed E-state index contributed by atoms with van der Waals surface area (Å²) in [6.07, 6.45) is 5.96. The van der Waals surface area contributed by atoms with Gasteiger partial charge >= 0.3 is 35.0 Å². The number of aliphatic carboxylic acids is 1. The smallest absolute Gasteiger partial charge is 0.664 e. The molecule has 1 aliphatic carbocycles. The molecule has 2 aromatic rings. The molecule has 3 aliphatic heterocycles. The first-order chi connectivity index (χ1) is 21.4. The second kappa shape index (κ2) is 12.6. The van der Waals surface area contributed by atoms with Gasteiger partial charge in [-0.2, -0.15) is 22.8 Å². The number of rotatable bonds is 6. The summed E-state index contributed by atoms with van der Waals surface area (Å²) in [5, 5.41) is 30.5. The van der Waals surface area contributed by atoms with E-state index in [4.69, 9.17) is 25.3 Å². The standard InChI is InChI=1S/C35H40N4O6.Mg/c1-8-19-14(2)21-13-26-28(18(6)40)16(4)23(37-26)11-22-15(3)20(9-10-27(41)42)32(38-22)30-31(35(44)45-7)34(43)29-17(5)24(39-33(29)30)12-25(19)36-21;/h11-15,18-20,31,40H,8-10H2,1-7H3,(H3,38,39,41,42,43);/q-2;+2/p-2/b21-13-,22-11-,25-12-;/t14-,15+,18?,19-,20+,31-;/m1./s1. The van der Waals surface area contributed by atoms with Gasteiger partial charge in [-0.05, 0) is 56.4 Å². The van der Waals surface area contributed by atoms with Crippen molar-refractivity contribution in [3.8, 4) is 0 Å². The number of allylic oxidation sites excluding steroid dienone is 4. The van der Waals surface area contributed by atoms with E-state index in [-0.39, 0.29) is 53.6 Å². The number of carboxylic acid groups (broad SMARTS) is 1. The minimum absolute atomic E-state index is 0. The molecule has 10 nitrogen and oxygen atoms in total. The summed E-state index contributed by atoms with van der Waals surface area (Å²) in [6, 6.07) is 0. The summed E-state index contributed by atoms with van der Waals surface area (Å²) in [5.41, 5.74) is 8.07. The van der Waals surface area contributed by atoms with Crippen LogP contribution in [0.15, 0.2) is 22.8 Å². The topological polar surface area (TPSA) is 157 Å². The van der Waals surface area contributed by atoms with Crippen molar-refractivity contribution in [3.63, 3.8) is 0 Å². The maximum absolute atomic E-state index is 14.0. The van der Waals surface area contributed by atoms with E-state index < -0.39 is 35.7 Å². The quantitative estimate of drug-likeness (QED) is 0.227. The van der Waals surface area contributed by atoms with E-state index in [1.807, 2.05) is 39.0 Å². The Morgan fingerprint density at radius 2 is 1.54 bits per heavy atom. The third kappa shape index (κ3) is 5.26. The second-order valence-electron chi connectivity index (χ2n) is 12.6. The summed E-state index contributed by atoms with van der Waals surface area (Å²) in [7, 11) is 1.25. The zero-order chi connectivity index (χ0) is 32.5. The number of hydrogen-bond donors (Lipinski definition) is 2. The Morgan fingerprint density at radius 1 is 0.935 bits per heavy atom. The molecule has 0 radical (unpaired) electrons. The summed E-state index contributed by atoms with van der Waals surface area (Å²) in [4.78, 5) is 48.8. The van der Waals surface area contributed by atoms with Crippen molar-refractivity contribution >= 4 is 64.6 Å². The Bertz CT molecular complexity index is 1760. The predicted octanol–water partition coefficient (Wildman–Crippen LogP) is 5.88. The molecule has 238 valence electrons. The molecular weight excluding hydrogens is 597 g/mol. The normalized spacial score (nSPS) is 30.2. The fourth-order valence-corrected chi connectivity index (χ4v) is 7.55. The average Bonchev–Trinajstić information content (AvgIpc) is 3.72. The van der Waals surface area contributed by atoms with Gasteiger partial charge in [0, 0.05) is 12.0 Å². The Labute approximate surface area is 285 Å². The van der Waals surface area contributed by atoms with Gasteiger partial charge in [-0.1, -0.05) is 62.1 Å². The van der Waals surface area contributed by atoms with Gasteiger partial charge in [-0.25, -0.2) is 0 Å². The third-order valence-corrected chi connectivity index (χ3v) is 10.1. The van der Waals surface area contributed by atoms with Crippen molar-refractivity contribution in [2.75, 3.05) is 7.11 Å². The summed E-state index contributed by atoms with van der Waals surface area (Å²) in [5.74, 6) is -3.74. The monoisotopic (exact) mass is 634 g/mol. The first-order valence-electron chi connectivity index (χ1n) is 15.6. The molecule has 46 heavy (non-hydrogen) atoms. The van der Waals surface area contributed by atoms with Crippen LogP contribution >= 0.6 is 0 Å². The van der Waals surface area contributed by atoms with Crippen LogP contribution in [0.5, 0.6) is 0 Å². The summed E-state index contributed by atoms with van der Waals surface area (Å²) in [6.45, 7) is 11.7. The van der Waals surface area contributed by atoms with E-state index in [1.165, 1.54) is 7.11 Å². The number of ketones is 1. The molecule has 0 spiro atoms. The minimum atomic E-state index is -1.24. The van der Waals surface area contributed by atoms with E-state index in [1.54, 1.807) is 6.92 Å². The number of carbonyl (C=O) groups excluding carboxylic acids is 2. The summed E-state index contributed by atoms with van der Waals surface area (Å²) >= 11 is 0. The van der Waals surface area contributed by atoms with Crippen molar-refractivity contribution < 1.29 is 29.3 Å². The van der Waals surface area contributed by atoms with Gasteiger partial charge in [0.15, 0.2) is 5.78 Å². The SMILES string of the molecule is CC[C@H]1/C2=C/c3[n-]c4c(c3C)C(=O)[C@H](C(=O)OC)/C4=C3/[N-]/C(=C\c4[n-]c(c(C(C)O)c4C)/C=C(\[N-]2)[C@@H]1C)[C@@H](C)[C@@H]3CCC(=O)O.[Mg+2]. The van der Waals surface area contributed by atoms with E-state index in [2.05, 4.69) is 13.8 Å². The molecule has 2 N–H and O–H groups in total. The minimum Gasteiger partial charge on any atom is -0.664 e. The van der Waals surface area contributed by atoms with Gasteiger partial charge in [-0.15, -0.1) is 22.8 Å². The largest absolute Gasteiger partial charge is 2.00 e. The second-order valence-corrected chi connectivity index (χ2v) is 12.6. The molecule has 6 atom stereocenters. The Balaban J connectivity index is 0.00000417. The summed E-state index contributed by atoms with van der Waals surface area (Å²) < 4.78 is 5.12. The van der Waals surface area contributed by atoms with Gasteiger partial charge < -0.3 is 35.6 Å². The molecule has 2 aromatic heterocycles. The van der Waals surface area contributed by atoms with Crippen LogP contribution in [0.3, 0.4) is 0 Å². The van der Waals surface area contributed by atoms with Crippen molar-refractivity contribution in [1.29, 1.82) is 0 Å². The number of aromatic nitrogens is 2. The molecular formula is C35H38MgN4O6-2. The maximum atomic E-state index is 14.0. The molecule has 2 fully saturated rings. The number of fused-ring (bicyclic) bond motifs is 7. The molecule has 1 unspecified atom stereocenters. The Hall–Kier alpha value is -3.54. The maximum Gasteiger partial charge on any atom is 2.00 e. The first-order valence-corrected chi connectivity index (χ1v) is 15.6. The van der Waals surface area contributed by atoms with Crippen LogP contribution in [-0.2, 0) is 14.3 Å². The van der Waals surface area contributed by atoms with E-state index in [9.17, 15) is 24.6 Å². The van der Waals surface area contributed by atoms with E-state index in [0.29, 0.717) is 56.4 Å². The number of ether oxygens (including phenoxy) is 1. The number of methoxy groups -OCH3 is 1. The van der Waals surface area contributed by atoms with Crippen LogP contribution in [0.2, 0.25) is 0 Å². The average molecular weight is 635 g/mol. The van der Waals surface area contributed by atoms with Crippen LogP contribution in [0.1, 0.15) is 103 Å². The molecule has 0 saturated carbocycles. The molecule has 2 saturated heterocycles.